The van der Waals surface area contributed by atoms with Crippen molar-refractivity contribution in [3.63, 3.8) is 0 Å². The number of amides is 1. The highest BCUT2D eigenvalue weighted by Gasteiger charge is 2.42. The van der Waals surface area contributed by atoms with Crippen LogP contribution in [-0.2, 0) is 21.2 Å². The molecule has 0 unspecified atom stereocenters. The number of aromatic nitrogens is 2. The van der Waals surface area contributed by atoms with E-state index in [1.807, 2.05) is 0 Å². The van der Waals surface area contributed by atoms with E-state index in [0.717, 1.165) is 12.8 Å². The third-order valence-electron chi connectivity index (χ3n) is 4.98. The van der Waals surface area contributed by atoms with Crippen LogP contribution in [0.5, 0.6) is 0 Å². The van der Waals surface area contributed by atoms with Gasteiger partial charge in [0.05, 0.1) is 33.8 Å². The predicted molar refractivity (Wildman–Crippen MR) is 103 cm³/mol. The van der Waals surface area contributed by atoms with Gasteiger partial charge in [-0.1, -0.05) is 23.2 Å². The van der Waals surface area contributed by atoms with Crippen LogP contribution >= 0.6 is 23.2 Å². The summed E-state index contributed by atoms with van der Waals surface area (Å²) in [7, 11) is -3.10. The molecule has 4 rings (SSSR count). The van der Waals surface area contributed by atoms with E-state index in [1.165, 1.54) is 23.0 Å². The lowest BCUT2D eigenvalue weighted by molar-refractivity contribution is -0.134. The Labute approximate surface area is 165 Å². The second-order valence-corrected chi connectivity index (χ2v) is 10.1. The zero-order valence-corrected chi connectivity index (χ0v) is 16.6. The molecule has 1 amide bonds. The summed E-state index contributed by atoms with van der Waals surface area (Å²) in [5, 5.41) is 0.819. The lowest BCUT2D eigenvalue weighted by Crippen LogP contribution is -2.45. The molecule has 1 saturated carbocycles. The molecule has 7 nitrogen and oxygen atoms in total. The molecule has 144 valence electrons. The van der Waals surface area contributed by atoms with Crippen LogP contribution in [0.4, 0.5) is 0 Å². The quantitative estimate of drug-likeness (QED) is 0.739. The number of fused-ring (bicyclic) bond motifs is 1. The Balaban J connectivity index is 1.64. The number of halogens is 2. The van der Waals surface area contributed by atoms with E-state index < -0.39 is 15.4 Å². The van der Waals surface area contributed by atoms with Crippen molar-refractivity contribution in [2.75, 3.05) is 11.5 Å². The van der Waals surface area contributed by atoms with Crippen LogP contribution in [0.15, 0.2) is 23.3 Å². The number of benzene rings is 1. The standard InChI is InChI=1S/C17H17Cl2N3O4S/c18-10-5-13-16(14(19)6-10)20-9-21(17(13)24)7-15(23)22(11-1-2-11)12-3-4-27(25,26)8-12/h5-6,9,11-12H,1-4,7-8H2/t12-/m1/s1. The topological polar surface area (TPSA) is 89.3 Å². The fourth-order valence-corrected chi connectivity index (χ4v) is 5.84. The molecule has 27 heavy (non-hydrogen) atoms. The molecule has 1 aliphatic carbocycles. The van der Waals surface area contributed by atoms with Crippen LogP contribution in [0.2, 0.25) is 10.0 Å². The molecule has 2 fully saturated rings. The van der Waals surface area contributed by atoms with E-state index in [2.05, 4.69) is 4.98 Å². The predicted octanol–water partition coefficient (Wildman–Crippen LogP) is 1.88. The van der Waals surface area contributed by atoms with Crippen LogP contribution in [0.3, 0.4) is 0 Å². The van der Waals surface area contributed by atoms with Crippen molar-refractivity contribution >= 4 is 49.8 Å². The molecule has 2 heterocycles. The van der Waals surface area contributed by atoms with E-state index >= 15 is 0 Å². The van der Waals surface area contributed by atoms with Crippen LogP contribution in [0.25, 0.3) is 10.9 Å². The Kier molecular flexibility index (Phi) is 4.68. The van der Waals surface area contributed by atoms with Gasteiger partial charge in [-0.15, -0.1) is 0 Å². The van der Waals surface area contributed by atoms with Gasteiger partial charge >= 0.3 is 0 Å². The number of hydrogen-bond acceptors (Lipinski definition) is 5. The van der Waals surface area contributed by atoms with Crippen molar-refractivity contribution in [1.82, 2.24) is 14.5 Å². The Bertz CT molecular complexity index is 1100. The van der Waals surface area contributed by atoms with Gasteiger partial charge in [0, 0.05) is 17.1 Å². The molecule has 0 spiro atoms. The van der Waals surface area contributed by atoms with Gasteiger partial charge in [0.25, 0.3) is 5.56 Å². The van der Waals surface area contributed by atoms with E-state index in [1.54, 1.807) is 4.90 Å². The Hall–Kier alpha value is -1.64. The van der Waals surface area contributed by atoms with E-state index in [-0.39, 0.29) is 46.5 Å². The molecule has 1 atom stereocenters. The first-order valence-electron chi connectivity index (χ1n) is 8.61. The van der Waals surface area contributed by atoms with E-state index in [0.29, 0.717) is 17.0 Å². The summed E-state index contributed by atoms with van der Waals surface area (Å²) in [4.78, 5) is 31.5. The van der Waals surface area contributed by atoms with Gasteiger partial charge < -0.3 is 4.90 Å². The number of carbonyl (C=O) groups excluding carboxylic acids is 1. The molecule has 2 aromatic rings. The maximum Gasteiger partial charge on any atom is 0.261 e. The summed E-state index contributed by atoms with van der Waals surface area (Å²) in [6.07, 6.45) is 3.45. The minimum Gasteiger partial charge on any atom is -0.334 e. The van der Waals surface area contributed by atoms with Gasteiger partial charge in [0.2, 0.25) is 5.91 Å². The highest BCUT2D eigenvalue weighted by Crippen LogP contribution is 2.32. The van der Waals surface area contributed by atoms with Gasteiger partial charge in [-0.25, -0.2) is 13.4 Å². The third-order valence-corrected chi connectivity index (χ3v) is 7.24. The summed E-state index contributed by atoms with van der Waals surface area (Å²) >= 11 is 12.1. The van der Waals surface area contributed by atoms with Crippen molar-refractivity contribution in [2.24, 2.45) is 0 Å². The first kappa shape index (κ1) is 18.7. The zero-order valence-electron chi connectivity index (χ0n) is 14.3. The second kappa shape index (κ2) is 6.76. The number of carbonyl (C=O) groups is 1. The Morgan fingerprint density at radius 1 is 1.22 bits per heavy atom. The van der Waals surface area contributed by atoms with Crippen LogP contribution in [0, 0.1) is 0 Å². The van der Waals surface area contributed by atoms with Crippen molar-refractivity contribution in [2.45, 2.75) is 37.9 Å². The molecule has 1 aromatic carbocycles. The SMILES string of the molecule is O=C(Cn1cnc2c(Cl)cc(Cl)cc2c1=O)N(C1CC1)[C@@H]1CCS(=O)(=O)C1. The second-order valence-electron chi connectivity index (χ2n) is 7.05. The molecule has 2 aliphatic rings. The minimum atomic E-state index is -3.10. The molecule has 10 heteroatoms. The van der Waals surface area contributed by atoms with Crippen molar-refractivity contribution in [3.05, 3.63) is 38.9 Å². The molecule has 1 aromatic heterocycles. The first-order valence-corrected chi connectivity index (χ1v) is 11.2. The summed E-state index contributed by atoms with van der Waals surface area (Å²) in [6, 6.07) is 2.72. The monoisotopic (exact) mass is 429 g/mol. The van der Waals surface area contributed by atoms with Gasteiger partial charge in [-0.3, -0.25) is 14.2 Å². The maximum absolute atomic E-state index is 12.9. The maximum atomic E-state index is 12.9. The van der Waals surface area contributed by atoms with Crippen molar-refractivity contribution in [3.8, 4) is 0 Å². The smallest absolute Gasteiger partial charge is 0.261 e. The highest BCUT2D eigenvalue weighted by molar-refractivity contribution is 7.91. The van der Waals surface area contributed by atoms with E-state index in [9.17, 15) is 18.0 Å². The zero-order chi connectivity index (χ0) is 19.3. The van der Waals surface area contributed by atoms with Gasteiger partial charge in [-0.05, 0) is 31.4 Å². The van der Waals surface area contributed by atoms with Crippen molar-refractivity contribution in [1.29, 1.82) is 0 Å². The largest absolute Gasteiger partial charge is 0.334 e. The molecule has 0 radical (unpaired) electrons. The average Bonchev–Trinajstić information content (AvgIpc) is 3.34. The Morgan fingerprint density at radius 3 is 2.59 bits per heavy atom. The molecule has 0 bridgehead atoms. The summed E-state index contributed by atoms with van der Waals surface area (Å²) < 4.78 is 24.8. The Morgan fingerprint density at radius 2 is 1.96 bits per heavy atom. The molecule has 1 saturated heterocycles. The first-order chi connectivity index (χ1) is 12.7. The summed E-state index contributed by atoms with van der Waals surface area (Å²) in [6.45, 7) is -0.195. The van der Waals surface area contributed by atoms with Crippen molar-refractivity contribution < 1.29 is 13.2 Å². The average molecular weight is 430 g/mol. The number of sulfone groups is 1. The van der Waals surface area contributed by atoms with Crippen LogP contribution in [-0.4, -0.2) is 52.4 Å². The molecule has 1 aliphatic heterocycles. The van der Waals surface area contributed by atoms with E-state index in [4.69, 9.17) is 23.2 Å². The highest BCUT2D eigenvalue weighted by atomic mass is 35.5. The summed E-state index contributed by atoms with van der Waals surface area (Å²) in [5.41, 5.74) is -0.0803. The fraction of sp³-hybridized carbons (Fsp3) is 0.471. The fourth-order valence-electron chi connectivity index (χ4n) is 3.59. The lowest BCUT2D eigenvalue weighted by Gasteiger charge is -2.28. The lowest BCUT2D eigenvalue weighted by atomic mass is 10.2. The molecular formula is C17H17Cl2N3O4S. The summed E-state index contributed by atoms with van der Waals surface area (Å²) in [5.74, 6) is -0.176. The third kappa shape index (κ3) is 3.70. The minimum absolute atomic E-state index is 0.00861. The molecular weight excluding hydrogens is 413 g/mol. The van der Waals surface area contributed by atoms with Gasteiger partial charge in [-0.2, -0.15) is 0 Å². The molecule has 0 N–H and O–H groups in total. The van der Waals surface area contributed by atoms with Gasteiger partial charge in [0.15, 0.2) is 9.84 Å². The number of hydrogen-bond donors (Lipinski definition) is 0. The number of rotatable bonds is 4. The normalized spacial score (nSPS) is 21.5. The number of nitrogens with zero attached hydrogens (tertiary/aromatic N) is 3. The van der Waals surface area contributed by atoms with Crippen LogP contribution in [0.1, 0.15) is 19.3 Å². The van der Waals surface area contributed by atoms with Gasteiger partial charge in [0.1, 0.15) is 6.54 Å². The van der Waals surface area contributed by atoms with Crippen LogP contribution < -0.4 is 5.56 Å².